The van der Waals surface area contributed by atoms with Crippen LogP contribution in [-0.4, -0.2) is 21.1 Å². The summed E-state index contributed by atoms with van der Waals surface area (Å²) in [5.41, 5.74) is 0.935. The number of aromatic amines is 1. The van der Waals surface area contributed by atoms with E-state index >= 15 is 0 Å². The molecule has 1 heterocycles. The Balaban J connectivity index is 2.60. The molecule has 1 aromatic rings. The third-order valence-corrected chi connectivity index (χ3v) is 1.25. The maximum atomic E-state index is 11.2. The van der Waals surface area contributed by atoms with Crippen molar-refractivity contribution in [2.24, 2.45) is 0 Å². The van der Waals surface area contributed by atoms with Gasteiger partial charge >= 0.3 is 0 Å². The number of hydrogen-bond donors (Lipinski definition) is 2. The van der Waals surface area contributed by atoms with Crippen molar-refractivity contribution in [2.45, 2.75) is 20.8 Å². The Morgan fingerprint density at radius 1 is 1.54 bits per heavy atom. The minimum absolute atomic E-state index is 0.209. The van der Waals surface area contributed by atoms with Crippen molar-refractivity contribution >= 4 is 11.9 Å². The van der Waals surface area contributed by atoms with E-state index in [9.17, 15) is 4.79 Å². The Hall–Kier alpha value is -1.65. The van der Waals surface area contributed by atoms with Crippen LogP contribution in [0.25, 0.3) is 0 Å². The lowest BCUT2D eigenvalue weighted by Crippen LogP contribution is -2.09. The summed E-state index contributed by atoms with van der Waals surface area (Å²) >= 11 is 0. The minimum atomic E-state index is -0.209. The standard InChI is InChI=1S/C8H12N4O/c1-5(2)4-7(13)10-8-9-6(3)11-12-8/h4H,1-3H3,(H2,9,10,11,12,13). The maximum Gasteiger partial charge on any atom is 0.250 e. The van der Waals surface area contributed by atoms with Gasteiger partial charge < -0.3 is 0 Å². The van der Waals surface area contributed by atoms with Crippen LogP contribution in [0.4, 0.5) is 5.95 Å². The topological polar surface area (TPSA) is 70.7 Å². The van der Waals surface area contributed by atoms with Gasteiger partial charge in [0.2, 0.25) is 5.95 Å². The van der Waals surface area contributed by atoms with Crippen molar-refractivity contribution in [2.75, 3.05) is 5.32 Å². The molecule has 0 aromatic carbocycles. The second-order valence-corrected chi connectivity index (χ2v) is 2.96. The fourth-order valence-corrected chi connectivity index (χ4v) is 0.807. The predicted octanol–water partition coefficient (Wildman–Crippen LogP) is 1.02. The van der Waals surface area contributed by atoms with E-state index in [2.05, 4.69) is 20.5 Å². The summed E-state index contributed by atoms with van der Waals surface area (Å²) in [6, 6.07) is 0. The largest absolute Gasteiger partial charge is 0.290 e. The van der Waals surface area contributed by atoms with E-state index < -0.39 is 0 Å². The summed E-state index contributed by atoms with van der Waals surface area (Å²) in [5, 5.41) is 8.92. The van der Waals surface area contributed by atoms with Crippen LogP contribution in [0.5, 0.6) is 0 Å². The van der Waals surface area contributed by atoms with E-state index in [4.69, 9.17) is 0 Å². The quantitative estimate of drug-likeness (QED) is 0.667. The van der Waals surface area contributed by atoms with E-state index in [1.807, 2.05) is 13.8 Å². The zero-order valence-electron chi connectivity index (χ0n) is 7.88. The highest BCUT2D eigenvalue weighted by Gasteiger charge is 2.02. The Morgan fingerprint density at radius 2 is 2.23 bits per heavy atom. The Morgan fingerprint density at radius 3 is 2.69 bits per heavy atom. The number of H-pyrrole nitrogens is 1. The second kappa shape index (κ2) is 3.84. The van der Waals surface area contributed by atoms with Gasteiger partial charge in [0, 0.05) is 6.08 Å². The first-order valence-electron chi connectivity index (χ1n) is 3.93. The summed E-state index contributed by atoms with van der Waals surface area (Å²) in [4.78, 5) is 15.1. The van der Waals surface area contributed by atoms with Crippen LogP contribution in [0.2, 0.25) is 0 Å². The zero-order valence-corrected chi connectivity index (χ0v) is 7.88. The second-order valence-electron chi connectivity index (χ2n) is 2.96. The molecule has 0 atom stereocenters. The Kier molecular flexibility index (Phi) is 2.79. The maximum absolute atomic E-state index is 11.2. The molecule has 0 saturated carbocycles. The van der Waals surface area contributed by atoms with E-state index in [0.29, 0.717) is 11.8 Å². The molecular weight excluding hydrogens is 168 g/mol. The minimum Gasteiger partial charge on any atom is -0.290 e. The average molecular weight is 180 g/mol. The molecule has 0 spiro atoms. The van der Waals surface area contributed by atoms with Gasteiger partial charge in [0.25, 0.3) is 5.91 Å². The molecule has 0 aliphatic rings. The number of carbonyl (C=O) groups excluding carboxylic acids is 1. The summed E-state index contributed by atoms with van der Waals surface area (Å²) in [6.45, 7) is 5.47. The number of carbonyl (C=O) groups is 1. The number of amides is 1. The monoisotopic (exact) mass is 180 g/mol. The number of nitrogens with one attached hydrogen (secondary N) is 2. The molecule has 5 nitrogen and oxygen atoms in total. The number of aromatic nitrogens is 3. The third-order valence-electron chi connectivity index (χ3n) is 1.25. The van der Waals surface area contributed by atoms with E-state index in [-0.39, 0.29) is 5.91 Å². The lowest BCUT2D eigenvalue weighted by Gasteiger charge is -1.94. The highest BCUT2D eigenvalue weighted by Crippen LogP contribution is 1.97. The van der Waals surface area contributed by atoms with E-state index in [0.717, 1.165) is 5.57 Å². The lowest BCUT2D eigenvalue weighted by molar-refractivity contribution is -0.112. The van der Waals surface area contributed by atoms with Crippen LogP contribution in [-0.2, 0) is 4.79 Å². The highest BCUT2D eigenvalue weighted by atomic mass is 16.1. The summed E-state index contributed by atoms with van der Waals surface area (Å²) in [5.74, 6) is 0.770. The van der Waals surface area contributed by atoms with Crippen LogP contribution in [0, 0.1) is 6.92 Å². The van der Waals surface area contributed by atoms with Gasteiger partial charge in [0.1, 0.15) is 5.82 Å². The first-order valence-corrected chi connectivity index (χ1v) is 3.93. The van der Waals surface area contributed by atoms with Crippen molar-refractivity contribution in [3.63, 3.8) is 0 Å². The smallest absolute Gasteiger partial charge is 0.250 e. The number of anilines is 1. The molecule has 5 heteroatoms. The van der Waals surface area contributed by atoms with Crippen LogP contribution < -0.4 is 5.32 Å². The fraction of sp³-hybridized carbons (Fsp3) is 0.375. The van der Waals surface area contributed by atoms with Crippen molar-refractivity contribution in [1.29, 1.82) is 0 Å². The fourth-order valence-electron chi connectivity index (χ4n) is 0.807. The van der Waals surface area contributed by atoms with Gasteiger partial charge in [-0.1, -0.05) is 5.57 Å². The molecule has 1 aromatic heterocycles. The molecule has 0 radical (unpaired) electrons. The van der Waals surface area contributed by atoms with Crippen LogP contribution >= 0.6 is 0 Å². The van der Waals surface area contributed by atoms with E-state index in [1.165, 1.54) is 6.08 Å². The van der Waals surface area contributed by atoms with Gasteiger partial charge in [-0.15, -0.1) is 5.10 Å². The first kappa shape index (κ1) is 9.44. The zero-order chi connectivity index (χ0) is 9.84. The predicted molar refractivity (Wildman–Crippen MR) is 49.2 cm³/mol. The van der Waals surface area contributed by atoms with Gasteiger partial charge in [0.15, 0.2) is 0 Å². The van der Waals surface area contributed by atoms with Gasteiger partial charge in [-0.05, 0) is 20.8 Å². The van der Waals surface area contributed by atoms with Crippen molar-refractivity contribution in [3.8, 4) is 0 Å². The molecule has 0 fully saturated rings. The first-order chi connectivity index (χ1) is 6.08. The van der Waals surface area contributed by atoms with Crippen LogP contribution in [0.15, 0.2) is 11.6 Å². The van der Waals surface area contributed by atoms with Crippen LogP contribution in [0.3, 0.4) is 0 Å². The summed E-state index contributed by atoms with van der Waals surface area (Å²) < 4.78 is 0. The van der Waals surface area contributed by atoms with E-state index in [1.54, 1.807) is 6.92 Å². The molecular formula is C8H12N4O. The van der Waals surface area contributed by atoms with Gasteiger partial charge in [-0.25, -0.2) is 0 Å². The summed E-state index contributed by atoms with van der Waals surface area (Å²) in [7, 11) is 0. The highest BCUT2D eigenvalue weighted by molar-refractivity contribution is 5.98. The number of aryl methyl sites for hydroxylation is 1. The molecule has 0 saturated heterocycles. The Labute approximate surface area is 76.3 Å². The molecule has 2 N–H and O–H groups in total. The molecule has 1 amide bonds. The average Bonchev–Trinajstić information content (AvgIpc) is 2.33. The number of nitrogens with zero attached hydrogens (tertiary/aromatic N) is 2. The van der Waals surface area contributed by atoms with Gasteiger partial charge in [-0.2, -0.15) is 4.98 Å². The number of hydrogen-bond acceptors (Lipinski definition) is 3. The molecule has 0 aliphatic carbocycles. The molecule has 0 bridgehead atoms. The molecule has 0 unspecified atom stereocenters. The van der Waals surface area contributed by atoms with Crippen molar-refractivity contribution < 1.29 is 4.79 Å². The SMILES string of the molecule is CC(C)=CC(=O)Nc1n[nH]c(C)n1. The number of rotatable bonds is 2. The Bertz CT molecular complexity index is 336. The van der Waals surface area contributed by atoms with Crippen LogP contribution in [0.1, 0.15) is 19.7 Å². The van der Waals surface area contributed by atoms with Crippen molar-refractivity contribution in [1.82, 2.24) is 15.2 Å². The normalized spacial score (nSPS) is 9.46. The molecule has 1 rings (SSSR count). The molecule has 0 aliphatic heterocycles. The third kappa shape index (κ3) is 3.06. The lowest BCUT2D eigenvalue weighted by atomic mass is 10.3. The van der Waals surface area contributed by atoms with Gasteiger partial charge in [-0.3, -0.25) is 15.2 Å². The number of allylic oxidation sites excluding steroid dienone is 1. The molecule has 70 valence electrons. The van der Waals surface area contributed by atoms with Gasteiger partial charge in [0.05, 0.1) is 0 Å². The van der Waals surface area contributed by atoms with Crippen molar-refractivity contribution in [3.05, 3.63) is 17.5 Å². The summed E-state index contributed by atoms with van der Waals surface area (Å²) in [6.07, 6.45) is 1.49. The molecule has 13 heavy (non-hydrogen) atoms.